The van der Waals surface area contributed by atoms with Gasteiger partial charge in [-0.2, -0.15) is 0 Å². The number of hydrogen-bond acceptors (Lipinski definition) is 4. The Balaban J connectivity index is 1.79. The van der Waals surface area contributed by atoms with Gasteiger partial charge in [-0.1, -0.05) is 18.2 Å². The van der Waals surface area contributed by atoms with Gasteiger partial charge in [0.25, 0.3) is 0 Å². The van der Waals surface area contributed by atoms with Crippen molar-refractivity contribution in [3.05, 3.63) is 29.8 Å². The van der Waals surface area contributed by atoms with E-state index in [1.165, 1.54) is 10.5 Å². The van der Waals surface area contributed by atoms with Gasteiger partial charge in [0.15, 0.2) is 0 Å². The molecule has 1 N–H and O–H groups in total. The van der Waals surface area contributed by atoms with Crippen LogP contribution in [0, 0.1) is 5.92 Å². The van der Waals surface area contributed by atoms with Crippen molar-refractivity contribution in [2.24, 2.45) is 5.92 Å². The Labute approximate surface area is 132 Å². The van der Waals surface area contributed by atoms with Crippen molar-refractivity contribution in [2.45, 2.75) is 37.1 Å². The van der Waals surface area contributed by atoms with Gasteiger partial charge in [0.2, 0.25) is 0 Å². The Kier molecular flexibility index (Phi) is 6.14. The molecule has 0 saturated carbocycles. The summed E-state index contributed by atoms with van der Waals surface area (Å²) in [6.45, 7) is 3.13. The van der Waals surface area contributed by atoms with E-state index in [0.29, 0.717) is 23.5 Å². The van der Waals surface area contributed by atoms with Crippen LogP contribution in [0.15, 0.2) is 29.2 Å². The molecule has 1 aromatic carbocycles. The largest absolute Gasteiger partial charge is 0.314 e. The molecule has 0 aliphatic carbocycles. The maximum Gasteiger partial charge on any atom is 0.150 e. The van der Waals surface area contributed by atoms with E-state index in [0.717, 1.165) is 25.8 Å². The molecule has 0 spiro atoms. The van der Waals surface area contributed by atoms with Crippen molar-refractivity contribution in [3.8, 4) is 0 Å². The summed E-state index contributed by atoms with van der Waals surface area (Å²) in [5.41, 5.74) is 1.39. The first-order valence-electron chi connectivity index (χ1n) is 7.56. The average Bonchev–Trinajstić information content (AvgIpc) is 2.47. The van der Waals surface area contributed by atoms with Crippen LogP contribution in [0.4, 0.5) is 0 Å². The lowest BCUT2D eigenvalue weighted by atomic mass is 10.0. The van der Waals surface area contributed by atoms with Crippen LogP contribution in [0.25, 0.3) is 0 Å². The van der Waals surface area contributed by atoms with Crippen molar-refractivity contribution in [3.63, 3.8) is 0 Å². The second-order valence-electron chi connectivity index (χ2n) is 5.92. The zero-order valence-corrected chi connectivity index (χ0v) is 14.5. The van der Waals surface area contributed by atoms with Gasteiger partial charge in [-0.3, -0.25) is 0 Å². The highest BCUT2D eigenvalue weighted by atomic mass is 32.2. The lowest BCUT2D eigenvalue weighted by Gasteiger charge is -2.24. The first-order valence-corrected chi connectivity index (χ1v) is 10.6. The molecular formula is C16H25NO2S2. The van der Waals surface area contributed by atoms with E-state index in [4.69, 9.17) is 0 Å². The molecule has 118 valence electrons. The van der Waals surface area contributed by atoms with E-state index in [1.54, 1.807) is 11.8 Å². The number of sulfone groups is 1. The summed E-state index contributed by atoms with van der Waals surface area (Å²) in [6.07, 6.45) is 4.74. The fourth-order valence-corrected chi connectivity index (χ4v) is 5.00. The Hall–Kier alpha value is -0.520. The van der Waals surface area contributed by atoms with Gasteiger partial charge >= 0.3 is 0 Å². The van der Waals surface area contributed by atoms with Crippen LogP contribution in [0.2, 0.25) is 0 Å². The Morgan fingerprint density at radius 3 is 2.62 bits per heavy atom. The van der Waals surface area contributed by atoms with Crippen LogP contribution in [0.1, 0.15) is 25.3 Å². The van der Waals surface area contributed by atoms with E-state index in [2.05, 4.69) is 42.8 Å². The van der Waals surface area contributed by atoms with Gasteiger partial charge in [0, 0.05) is 10.9 Å². The van der Waals surface area contributed by atoms with Crippen molar-refractivity contribution < 1.29 is 8.42 Å². The van der Waals surface area contributed by atoms with Crippen molar-refractivity contribution in [1.29, 1.82) is 0 Å². The van der Waals surface area contributed by atoms with Gasteiger partial charge in [-0.15, -0.1) is 11.8 Å². The fraction of sp³-hybridized carbons (Fsp3) is 0.625. The molecule has 1 saturated heterocycles. The third kappa shape index (κ3) is 5.31. The van der Waals surface area contributed by atoms with E-state index in [-0.39, 0.29) is 0 Å². The lowest BCUT2D eigenvalue weighted by molar-refractivity contribution is 0.404. The minimum absolute atomic E-state index is 0.364. The zero-order chi connectivity index (χ0) is 15.3. The Bertz CT molecular complexity index is 543. The van der Waals surface area contributed by atoms with E-state index in [1.807, 2.05) is 0 Å². The maximum absolute atomic E-state index is 11.4. The molecule has 2 rings (SSSR count). The summed E-state index contributed by atoms with van der Waals surface area (Å²) >= 11 is 1.79. The Morgan fingerprint density at radius 1 is 1.29 bits per heavy atom. The average molecular weight is 328 g/mol. The van der Waals surface area contributed by atoms with Crippen LogP contribution in [0.3, 0.4) is 0 Å². The van der Waals surface area contributed by atoms with Gasteiger partial charge in [0.1, 0.15) is 9.84 Å². The monoisotopic (exact) mass is 327 g/mol. The molecule has 0 radical (unpaired) electrons. The molecule has 0 unspecified atom stereocenters. The molecule has 1 aliphatic rings. The smallest absolute Gasteiger partial charge is 0.150 e. The molecule has 21 heavy (non-hydrogen) atoms. The third-order valence-electron chi connectivity index (χ3n) is 4.15. The van der Waals surface area contributed by atoms with Gasteiger partial charge in [-0.25, -0.2) is 8.42 Å². The van der Waals surface area contributed by atoms with Crippen molar-refractivity contribution in [2.75, 3.05) is 24.3 Å². The molecule has 1 aliphatic heterocycles. The summed E-state index contributed by atoms with van der Waals surface area (Å²) in [7, 11) is -2.74. The summed E-state index contributed by atoms with van der Waals surface area (Å²) in [4.78, 5) is 1.34. The number of thioether (sulfide) groups is 1. The first-order chi connectivity index (χ1) is 10.00. The van der Waals surface area contributed by atoms with Crippen LogP contribution in [-0.2, 0) is 16.3 Å². The highest BCUT2D eigenvalue weighted by Gasteiger charge is 2.23. The highest BCUT2D eigenvalue weighted by Crippen LogP contribution is 2.22. The molecule has 1 aromatic rings. The summed E-state index contributed by atoms with van der Waals surface area (Å²) < 4.78 is 22.8. The molecule has 3 nitrogen and oxygen atoms in total. The highest BCUT2D eigenvalue weighted by molar-refractivity contribution is 7.98. The van der Waals surface area contributed by atoms with E-state index < -0.39 is 9.84 Å². The minimum atomic E-state index is -2.74. The molecule has 0 amide bonds. The second kappa shape index (κ2) is 7.65. The third-order valence-corrected chi connectivity index (χ3v) is 6.70. The lowest BCUT2D eigenvalue weighted by Crippen LogP contribution is -2.36. The topological polar surface area (TPSA) is 46.2 Å². The molecule has 1 heterocycles. The van der Waals surface area contributed by atoms with Crippen molar-refractivity contribution in [1.82, 2.24) is 5.32 Å². The molecule has 1 fully saturated rings. The van der Waals surface area contributed by atoms with Crippen LogP contribution in [0.5, 0.6) is 0 Å². The molecule has 0 bridgehead atoms. The summed E-state index contributed by atoms with van der Waals surface area (Å²) in [5, 5.41) is 3.58. The quantitative estimate of drug-likeness (QED) is 0.816. The number of benzene rings is 1. The van der Waals surface area contributed by atoms with Gasteiger partial charge < -0.3 is 5.32 Å². The van der Waals surface area contributed by atoms with Gasteiger partial charge in [-0.05, 0) is 56.5 Å². The standard InChI is InChI=1S/C16H25NO2S2/c1-13(11-15-5-3-4-6-16(15)20-2)17-12-14-7-9-21(18,19)10-8-14/h3-6,13-14,17H,7-12H2,1-2H3/t13-/m0/s1. The van der Waals surface area contributed by atoms with Gasteiger partial charge in [0.05, 0.1) is 11.5 Å². The second-order valence-corrected chi connectivity index (χ2v) is 9.07. The molecule has 1 atom stereocenters. The van der Waals surface area contributed by atoms with E-state index >= 15 is 0 Å². The summed E-state index contributed by atoms with van der Waals surface area (Å²) in [5.74, 6) is 1.23. The predicted molar refractivity (Wildman–Crippen MR) is 90.8 cm³/mol. The van der Waals surface area contributed by atoms with Crippen LogP contribution >= 0.6 is 11.8 Å². The maximum atomic E-state index is 11.4. The Morgan fingerprint density at radius 2 is 1.95 bits per heavy atom. The van der Waals surface area contributed by atoms with Crippen LogP contribution < -0.4 is 5.32 Å². The van der Waals surface area contributed by atoms with Crippen molar-refractivity contribution >= 4 is 21.6 Å². The van der Waals surface area contributed by atoms with Crippen LogP contribution in [-0.4, -0.2) is 38.8 Å². The SMILES string of the molecule is CSc1ccccc1C[C@H](C)NCC1CCS(=O)(=O)CC1. The van der Waals surface area contributed by atoms with E-state index in [9.17, 15) is 8.42 Å². The number of nitrogens with one attached hydrogen (secondary N) is 1. The first kappa shape index (κ1) is 16.8. The number of hydrogen-bond donors (Lipinski definition) is 1. The zero-order valence-electron chi connectivity index (χ0n) is 12.8. The predicted octanol–water partition coefficient (Wildman–Crippen LogP) is 2.75. The minimum Gasteiger partial charge on any atom is -0.314 e. The number of rotatable bonds is 6. The summed E-state index contributed by atoms with van der Waals surface area (Å²) in [6, 6.07) is 8.94. The molecule has 5 heteroatoms. The fourth-order valence-electron chi connectivity index (χ4n) is 2.78. The molecular weight excluding hydrogens is 302 g/mol. The molecule has 0 aromatic heterocycles. The normalized spacial score (nSPS) is 20.3.